The molecule has 5 heteroatoms. The lowest BCUT2D eigenvalue weighted by Gasteiger charge is -2.36. The highest BCUT2D eigenvalue weighted by atomic mass is 16.4. The molecular weight excluding hydrogens is 256 g/mol. The minimum absolute atomic E-state index is 0.0795. The second-order valence-corrected chi connectivity index (χ2v) is 5.73. The van der Waals surface area contributed by atoms with Crippen LogP contribution in [0.3, 0.4) is 0 Å². The molecule has 3 N–H and O–H groups in total. The fraction of sp³-hybridized carbons (Fsp3) is 0.467. The monoisotopic (exact) mass is 276 g/mol. The maximum Gasteiger partial charge on any atom is 0.309 e. The number of hydrogen-bond donors (Lipinski definition) is 2. The van der Waals surface area contributed by atoms with Gasteiger partial charge in [0.25, 0.3) is 5.91 Å². The average molecular weight is 276 g/mol. The van der Waals surface area contributed by atoms with Gasteiger partial charge in [-0.1, -0.05) is 6.07 Å². The predicted molar refractivity (Wildman–Crippen MR) is 76.5 cm³/mol. The zero-order chi connectivity index (χ0) is 14.9. The van der Waals surface area contributed by atoms with Crippen LogP contribution >= 0.6 is 0 Å². The van der Waals surface area contributed by atoms with E-state index in [1.54, 1.807) is 24.0 Å². The van der Waals surface area contributed by atoms with Crippen molar-refractivity contribution < 1.29 is 14.7 Å². The molecule has 1 aliphatic rings. The van der Waals surface area contributed by atoms with Crippen molar-refractivity contribution in [1.82, 2.24) is 4.90 Å². The highest BCUT2D eigenvalue weighted by Gasteiger charge is 2.38. The van der Waals surface area contributed by atoms with E-state index in [-0.39, 0.29) is 5.91 Å². The van der Waals surface area contributed by atoms with E-state index in [0.29, 0.717) is 37.2 Å². The molecule has 5 nitrogen and oxygen atoms in total. The van der Waals surface area contributed by atoms with E-state index in [2.05, 4.69) is 0 Å². The standard InChI is InChI=1S/C15H20N2O3/c1-10-3-4-11(9-12(10)16)13(18)17-7-5-15(2,6-8-17)14(19)20/h3-4,9H,5-8,16H2,1-2H3,(H,19,20). The lowest BCUT2D eigenvalue weighted by Crippen LogP contribution is -2.45. The summed E-state index contributed by atoms with van der Waals surface area (Å²) in [5.74, 6) is -0.867. The normalized spacial score (nSPS) is 17.8. The molecule has 1 heterocycles. The van der Waals surface area contributed by atoms with Crippen LogP contribution in [0.25, 0.3) is 0 Å². The van der Waals surface area contributed by atoms with Gasteiger partial charge in [0, 0.05) is 24.3 Å². The summed E-state index contributed by atoms with van der Waals surface area (Å²) in [7, 11) is 0. The molecule has 0 saturated carbocycles. The third-order valence-electron chi connectivity index (χ3n) is 4.20. The topological polar surface area (TPSA) is 83.6 Å². The van der Waals surface area contributed by atoms with E-state index < -0.39 is 11.4 Å². The Balaban J connectivity index is 2.08. The molecule has 20 heavy (non-hydrogen) atoms. The number of hydrogen-bond acceptors (Lipinski definition) is 3. The van der Waals surface area contributed by atoms with Gasteiger partial charge in [0.05, 0.1) is 5.41 Å². The van der Waals surface area contributed by atoms with Crippen molar-refractivity contribution in [2.24, 2.45) is 5.41 Å². The van der Waals surface area contributed by atoms with Crippen molar-refractivity contribution in [3.63, 3.8) is 0 Å². The van der Waals surface area contributed by atoms with E-state index in [4.69, 9.17) is 5.73 Å². The van der Waals surface area contributed by atoms with E-state index in [1.165, 1.54) is 0 Å². The Bertz CT molecular complexity index is 546. The Labute approximate surface area is 118 Å². The number of amides is 1. The van der Waals surface area contributed by atoms with Gasteiger partial charge in [-0.2, -0.15) is 0 Å². The largest absolute Gasteiger partial charge is 0.481 e. The Morgan fingerprint density at radius 1 is 1.30 bits per heavy atom. The third-order valence-corrected chi connectivity index (χ3v) is 4.20. The first kappa shape index (κ1) is 14.4. The van der Waals surface area contributed by atoms with Crippen LogP contribution in [0.4, 0.5) is 5.69 Å². The molecule has 0 aromatic heterocycles. The van der Waals surface area contributed by atoms with Crippen LogP contribution in [0.5, 0.6) is 0 Å². The van der Waals surface area contributed by atoms with Crippen molar-refractivity contribution >= 4 is 17.6 Å². The average Bonchev–Trinajstić information content (AvgIpc) is 2.42. The first-order chi connectivity index (χ1) is 9.33. The molecule has 0 unspecified atom stereocenters. The predicted octanol–water partition coefficient (Wildman–Crippen LogP) is 1.90. The second-order valence-electron chi connectivity index (χ2n) is 5.73. The van der Waals surface area contributed by atoms with Crippen LogP contribution in [0, 0.1) is 12.3 Å². The van der Waals surface area contributed by atoms with Crippen molar-refractivity contribution in [3.05, 3.63) is 29.3 Å². The number of carboxylic acids is 1. The van der Waals surface area contributed by atoms with E-state index >= 15 is 0 Å². The molecule has 0 atom stereocenters. The molecule has 1 aromatic rings. The number of aliphatic carboxylic acids is 1. The minimum Gasteiger partial charge on any atom is -0.481 e. The van der Waals surface area contributed by atoms with Gasteiger partial charge < -0.3 is 15.7 Å². The first-order valence-corrected chi connectivity index (χ1v) is 6.72. The van der Waals surface area contributed by atoms with Crippen LogP contribution < -0.4 is 5.73 Å². The number of carbonyl (C=O) groups excluding carboxylic acids is 1. The summed E-state index contributed by atoms with van der Waals surface area (Å²) in [4.78, 5) is 25.3. The van der Waals surface area contributed by atoms with Crippen molar-refractivity contribution in [2.45, 2.75) is 26.7 Å². The van der Waals surface area contributed by atoms with Gasteiger partial charge in [0.2, 0.25) is 0 Å². The number of benzene rings is 1. The van der Waals surface area contributed by atoms with Crippen molar-refractivity contribution in [1.29, 1.82) is 0 Å². The molecular formula is C15H20N2O3. The summed E-state index contributed by atoms with van der Waals surface area (Å²) in [6.45, 7) is 4.56. The van der Waals surface area contributed by atoms with Crippen LogP contribution in [0.15, 0.2) is 18.2 Å². The van der Waals surface area contributed by atoms with Gasteiger partial charge in [-0.3, -0.25) is 9.59 Å². The number of anilines is 1. The molecule has 1 aromatic carbocycles. The zero-order valence-electron chi connectivity index (χ0n) is 11.8. The molecule has 0 radical (unpaired) electrons. The van der Waals surface area contributed by atoms with E-state index in [1.807, 2.05) is 13.0 Å². The fourth-order valence-electron chi connectivity index (χ4n) is 2.37. The molecule has 0 aliphatic carbocycles. The van der Waals surface area contributed by atoms with Crippen LogP contribution in [0.2, 0.25) is 0 Å². The summed E-state index contributed by atoms with van der Waals surface area (Å²) < 4.78 is 0. The minimum atomic E-state index is -0.788. The summed E-state index contributed by atoms with van der Waals surface area (Å²) in [6.07, 6.45) is 0.963. The number of piperidine rings is 1. The second kappa shape index (κ2) is 5.15. The van der Waals surface area contributed by atoms with Crippen molar-refractivity contribution in [2.75, 3.05) is 18.8 Å². The van der Waals surface area contributed by atoms with Gasteiger partial charge in [-0.05, 0) is 44.4 Å². The summed E-state index contributed by atoms with van der Waals surface area (Å²) in [5, 5.41) is 9.19. The van der Waals surface area contributed by atoms with Gasteiger partial charge in [-0.25, -0.2) is 0 Å². The lowest BCUT2D eigenvalue weighted by atomic mass is 9.80. The molecule has 1 amide bonds. The van der Waals surface area contributed by atoms with Gasteiger partial charge in [-0.15, -0.1) is 0 Å². The quantitative estimate of drug-likeness (QED) is 0.808. The van der Waals surface area contributed by atoms with Crippen LogP contribution in [-0.2, 0) is 4.79 Å². The summed E-state index contributed by atoms with van der Waals surface area (Å²) >= 11 is 0. The molecule has 2 rings (SSSR count). The smallest absolute Gasteiger partial charge is 0.309 e. The molecule has 0 bridgehead atoms. The van der Waals surface area contributed by atoms with Gasteiger partial charge in [0.15, 0.2) is 0 Å². The maximum absolute atomic E-state index is 12.4. The van der Waals surface area contributed by atoms with Crippen LogP contribution in [0.1, 0.15) is 35.7 Å². The number of nitrogens with zero attached hydrogens (tertiary/aromatic N) is 1. The molecule has 1 saturated heterocycles. The Morgan fingerprint density at radius 2 is 1.90 bits per heavy atom. The van der Waals surface area contributed by atoms with Gasteiger partial charge >= 0.3 is 5.97 Å². The molecule has 0 spiro atoms. The Morgan fingerprint density at radius 3 is 2.40 bits per heavy atom. The number of nitrogens with two attached hydrogens (primary N) is 1. The maximum atomic E-state index is 12.4. The van der Waals surface area contributed by atoms with Crippen LogP contribution in [-0.4, -0.2) is 35.0 Å². The first-order valence-electron chi connectivity index (χ1n) is 6.72. The number of carboxylic acid groups (broad SMARTS) is 1. The number of nitrogen functional groups attached to an aromatic ring is 1. The van der Waals surface area contributed by atoms with Crippen molar-refractivity contribution in [3.8, 4) is 0 Å². The Kier molecular flexibility index (Phi) is 3.70. The third kappa shape index (κ3) is 2.61. The van der Waals surface area contributed by atoms with E-state index in [0.717, 1.165) is 5.56 Å². The number of rotatable bonds is 2. The lowest BCUT2D eigenvalue weighted by molar-refractivity contribution is -0.150. The Hall–Kier alpha value is -2.04. The summed E-state index contributed by atoms with van der Waals surface area (Å²) in [6, 6.07) is 5.27. The summed E-state index contributed by atoms with van der Waals surface area (Å²) in [5.41, 5.74) is 7.21. The fourth-order valence-corrected chi connectivity index (χ4v) is 2.37. The zero-order valence-corrected chi connectivity index (χ0v) is 11.8. The van der Waals surface area contributed by atoms with Gasteiger partial charge in [0.1, 0.15) is 0 Å². The number of likely N-dealkylation sites (tertiary alicyclic amines) is 1. The molecule has 1 aliphatic heterocycles. The molecule has 1 fully saturated rings. The number of carbonyl (C=O) groups is 2. The van der Waals surface area contributed by atoms with E-state index in [9.17, 15) is 14.7 Å². The SMILES string of the molecule is Cc1ccc(C(=O)N2CCC(C)(C(=O)O)CC2)cc1N. The highest BCUT2D eigenvalue weighted by Crippen LogP contribution is 2.31. The highest BCUT2D eigenvalue weighted by molar-refractivity contribution is 5.95. The molecule has 108 valence electrons. The number of aryl methyl sites for hydroxylation is 1.